The Labute approximate surface area is 127 Å². The summed E-state index contributed by atoms with van der Waals surface area (Å²) < 4.78 is 5.40. The maximum Gasteiger partial charge on any atom is 0.179 e. The number of carbonyl (C=O) groups is 1. The van der Waals surface area contributed by atoms with Crippen molar-refractivity contribution in [3.8, 4) is 5.75 Å². The van der Waals surface area contributed by atoms with Crippen LogP contribution in [-0.2, 0) is 0 Å². The number of nitrogen functional groups attached to an aromatic ring is 1. The number of carbonyl (C=O) groups excluding carboxylic acids is 1. The van der Waals surface area contributed by atoms with Crippen LogP contribution in [0.3, 0.4) is 0 Å². The van der Waals surface area contributed by atoms with Gasteiger partial charge in [0.2, 0.25) is 0 Å². The van der Waals surface area contributed by atoms with Crippen LogP contribution in [0.25, 0.3) is 0 Å². The third kappa shape index (κ3) is 4.21. The molecule has 1 fully saturated rings. The second-order valence-corrected chi connectivity index (χ2v) is 5.77. The van der Waals surface area contributed by atoms with Gasteiger partial charge in [-0.3, -0.25) is 4.79 Å². The van der Waals surface area contributed by atoms with E-state index in [1.165, 1.54) is 32.1 Å². The number of rotatable bonds is 6. The van der Waals surface area contributed by atoms with Crippen LogP contribution in [0.4, 0.5) is 5.69 Å². The number of nitrogens with one attached hydrogen (secondary N) is 1. The number of hydrogen-bond acceptors (Lipinski definition) is 4. The van der Waals surface area contributed by atoms with Crippen LogP contribution in [0, 0.1) is 0 Å². The van der Waals surface area contributed by atoms with Crippen molar-refractivity contribution in [2.75, 3.05) is 12.3 Å². The van der Waals surface area contributed by atoms with E-state index in [1.807, 2.05) is 13.8 Å². The summed E-state index contributed by atoms with van der Waals surface area (Å²) in [6.07, 6.45) is 6.17. The van der Waals surface area contributed by atoms with Gasteiger partial charge in [-0.1, -0.05) is 19.3 Å². The van der Waals surface area contributed by atoms with Crippen molar-refractivity contribution < 1.29 is 9.53 Å². The molecule has 116 valence electrons. The third-order valence-electron chi connectivity index (χ3n) is 4.08. The zero-order valence-electron chi connectivity index (χ0n) is 13.0. The first-order chi connectivity index (χ1) is 10.1. The van der Waals surface area contributed by atoms with Gasteiger partial charge in [-0.2, -0.15) is 0 Å². The van der Waals surface area contributed by atoms with Gasteiger partial charge in [0.05, 0.1) is 18.3 Å². The first-order valence-electron chi connectivity index (χ1n) is 7.94. The average molecular weight is 290 g/mol. The maximum atomic E-state index is 12.5. The highest BCUT2D eigenvalue weighted by molar-refractivity contribution is 6.00. The van der Waals surface area contributed by atoms with E-state index in [9.17, 15) is 4.79 Å². The molecule has 4 heteroatoms. The average Bonchev–Trinajstić information content (AvgIpc) is 2.49. The molecule has 1 saturated carbocycles. The molecule has 1 unspecified atom stereocenters. The molecule has 0 spiro atoms. The lowest BCUT2D eigenvalue weighted by atomic mass is 9.94. The highest BCUT2D eigenvalue weighted by Gasteiger charge is 2.21. The normalized spacial score (nSPS) is 17.4. The van der Waals surface area contributed by atoms with Crippen LogP contribution >= 0.6 is 0 Å². The molecule has 0 aromatic heterocycles. The van der Waals surface area contributed by atoms with Crippen molar-refractivity contribution in [3.63, 3.8) is 0 Å². The number of hydrogen-bond donors (Lipinski definition) is 2. The monoisotopic (exact) mass is 290 g/mol. The summed E-state index contributed by atoms with van der Waals surface area (Å²) >= 11 is 0. The Morgan fingerprint density at radius 2 is 2.10 bits per heavy atom. The summed E-state index contributed by atoms with van der Waals surface area (Å²) in [6.45, 7) is 4.41. The van der Waals surface area contributed by atoms with Crippen molar-refractivity contribution in [3.05, 3.63) is 23.8 Å². The van der Waals surface area contributed by atoms with Gasteiger partial charge in [0.15, 0.2) is 5.78 Å². The van der Waals surface area contributed by atoms with Crippen LogP contribution in [0.15, 0.2) is 18.2 Å². The van der Waals surface area contributed by atoms with Crippen molar-refractivity contribution in [1.29, 1.82) is 0 Å². The number of anilines is 1. The molecule has 21 heavy (non-hydrogen) atoms. The van der Waals surface area contributed by atoms with Gasteiger partial charge >= 0.3 is 0 Å². The van der Waals surface area contributed by atoms with Gasteiger partial charge in [-0.05, 0) is 44.9 Å². The van der Waals surface area contributed by atoms with Gasteiger partial charge in [0.25, 0.3) is 0 Å². The van der Waals surface area contributed by atoms with E-state index in [-0.39, 0.29) is 11.8 Å². The molecule has 0 saturated heterocycles. The minimum absolute atomic E-state index is 0.0929. The minimum atomic E-state index is -0.176. The molecule has 0 radical (unpaired) electrons. The lowest BCUT2D eigenvalue weighted by Gasteiger charge is -2.26. The van der Waals surface area contributed by atoms with Gasteiger partial charge < -0.3 is 15.8 Å². The first kappa shape index (κ1) is 15.8. The Bertz CT molecular complexity index is 482. The second-order valence-electron chi connectivity index (χ2n) is 5.77. The third-order valence-corrected chi connectivity index (χ3v) is 4.08. The summed E-state index contributed by atoms with van der Waals surface area (Å²) in [5, 5.41) is 3.45. The lowest BCUT2D eigenvalue weighted by Crippen LogP contribution is -2.42. The predicted molar refractivity (Wildman–Crippen MR) is 85.8 cm³/mol. The summed E-state index contributed by atoms with van der Waals surface area (Å²) in [7, 11) is 0. The molecule has 1 aromatic carbocycles. The van der Waals surface area contributed by atoms with Crippen LogP contribution in [-0.4, -0.2) is 24.5 Å². The molecule has 2 rings (SSSR count). The van der Waals surface area contributed by atoms with Crippen molar-refractivity contribution in [2.45, 2.75) is 58.0 Å². The highest BCUT2D eigenvalue weighted by atomic mass is 16.5. The highest BCUT2D eigenvalue weighted by Crippen LogP contribution is 2.24. The largest absolute Gasteiger partial charge is 0.492 e. The molecule has 1 aliphatic rings. The van der Waals surface area contributed by atoms with Crippen LogP contribution in [0.1, 0.15) is 56.3 Å². The van der Waals surface area contributed by atoms with E-state index in [1.54, 1.807) is 18.2 Å². The fourth-order valence-electron chi connectivity index (χ4n) is 2.94. The number of nitrogens with two attached hydrogens (primary N) is 1. The van der Waals surface area contributed by atoms with Crippen molar-refractivity contribution in [1.82, 2.24) is 5.32 Å². The molecule has 0 bridgehead atoms. The number of ketones is 1. The lowest BCUT2D eigenvalue weighted by molar-refractivity contribution is 0.0940. The van der Waals surface area contributed by atoms with Crippen LogP contribution in [0.5, 0.6) is 5.75 Å². The summed E-state index contributed by atoms with van der Waals surface area (Å²) in [5.74, 6) is 0.734. The Balaban J connectivity index is 1.99. The second kappa shape index (κ2) is 7.46. The van der Waals surface area contributed by atoms with E-state index < -0.39 is 0 Å². The molecular weight excluding hydrogens is 264 g/mol. The number of benzene rings is 1. The van der Waals surface area contributed by atoms with Gasteiger partial charge in [-0.15, -0.1) is 0 Å². The van der Waals surface area contributed by atoms with E-state index in [0.29, 0.717) is 29.6 Å². The predicted octanol–water partition coefficient (Wildman–Crippen LogP) is 3.16. The fraction of sp³-hybridized carbons (Fsp3) is 0.588. The van der Waals surface area contributed by atoms with Crippen LogP contribution < -0.4 is 15.8 Å². The summed E-state index contributed by atoms with van der Waals surface area (Å²) in [5.41, 5.74) is 7.10. The zero-order valence-corrected chi connectivity index (χ0v) is 13.0. The summed E-state index contributed by atoms with van der Waals surface area (Å²) in [6, 6.07) is 5.58. The Kier molecular flexibility index (Phi) is 5.62. The Morgan fingerprint density at radius 1 is 1.38 bits per heavy atom. The van der Waals surface area contributed by atoms with Gasteiger partial charge in [0.1, 0.15) is 5.75 Å². The molecule has 1 aliphatic carbocycles. The molecule has 0 heterocycles. The first-order valence-corrected chi connectivity index (χ1v) is 7.94. The quantitative estimate of drug-likeness (QED) is 0.624. The van der Waals surface area contributed by atoms with E-state index in [4.69, 9.17) is 10.5 Å². The topological polar surface area (TPSA) is 64.3 Å². The van der Waals surface area contributed by atoms with Crippen molar-refractivity contribution >= 4 is 11.5 Å². The van der Waals surface area contributed by atoms with E-state index in [2.05, 4.69) is 5.32 Å². The van der Waals surface area contributed by atoms with Crippen molar-refractivity contribution in [2.24, 2.45) is 0 Å². The zero-order chi connectivity index (χ0) is 15.2. The Morgan fingerprint density at radius 3 is 2.71 bits per heavy atom. The SMILES string of the molecule is CCOc1ccc(C(=O)C(C)NC2CCCCC2)cc1N. The Hall–Kier alpha value is -1.55. The van der Waals surface area contributed by atoms with Gasteiger partial charge in [-0.25, -0.2) is 0 Å². The minimum Gasteiger partial charge on any atom is -0.492 e. The fourth-order valence-corrected chi connectivity index (χ4v) is 2.94. The maximum absolute atomic E-state index is 12.5. The molecule has 4 nitrogen and oxygen atoms in total. The van der Waals surface area contributed by atoms with Gasteiger partial charge in [0, 0.05) is 11.6 Å². The standard InChI is InChI=1S/C17H26N2O2/c1-3-21-16-10-9-13(11-15(16)18)17(20)12(2)19-14-7-5-4-6-8-14/h9-12,14,19H,3-8,18H2,1-2H3. The van der Waals surface area contributed by atoms with Crippen LogP contribution in [0.2, 0.25) is 0 Å². The molecular formula is C17H26N2O2. The van der Waals surface area contributed by atoms with E-state index in [0.717, 1.165) is 0 Å². The smallest absolute Gasteiger partial charge is 0.179 e. The van der Waals surface area contributed by atoms with E-state index >= 15 is 0 Å². The molecule has 1 aromatic rings. The molecule has 0 aliphatic heterocycles. The molecule has 0 amide bonds. The number of ether oxygens (including phenoxy) is 1. The molecule has 3 N–H and O–H groups in total. The summed E-state index contributed by atoms with van der Waals surface area (Å²) in [4.78, 5) is 12.5. The number of Topliss-reactive ketones (excluding diaryl/α,β-unsaturated/α-hetero) is 1. The molecule has 1 atom stereocenters.